The number of anilines is 1. The van der Waals surface area contributed by atoms with Crippen molar-refractivity contribution in [2.24, 2.45) is 5.92 Å². The first-order chi connectivity index (χ1) is 15.2. The molecule has 0 aliphatic rings. The normalized spacial score (nSPS) is 11.9. The van der Waals surface area contributed by atoms with E-state index in [4.69, 9.17) is 23.2 Å². The lowest BCUT2D eigenvalue weighted by Crippen LogP contribution is -2.45. The highest BCUT2D eigenvalue weighted by molar-refractivity contribution is 7.16. The quantitative estimate of drug-likeness (QED) is 0.404. The van der Waals surface area contributed by atoms with Gasteiger partial charge in [0.15, 0.2) is 5.13 Å². The zero-order chi connectivity index (χ0) is 23.3. The van der Waals surface area contributed by atoms with Crippen LogP contribution in [0.15, 0.2) is 36.7 Å². The van der Waals surface area contributed by atoms with E-state index in [1.165, 1.54) is 23.7 Å². The molecule has 11 heteroatoms. The van der Waals surface area contributed by atoms with Crippen LogP contribution in [0.4, 0.5) is 5.13 Å². The summed E-state index contributed by atoms with van der Waals surface area (Å²) in [5.74, 6) is -1.57. The monoisotopic (exact) mass is 493 g/mol. The Labute approximate surface area is 199 Å². The number of benzene rings is 1. The molecule has 1 unspecified atom stereocenters. The van der Waals surface area contributed by atoms with Gasteiger partial charge in [-0.15, -0.1) is 11.3 Å². The predicted molar refractivity (Wildman–Crippen MR) is 126 cm³/mol. The van der Waals surface area contributed by atoms with Crippen LogP contribution in [0.25, 0.3) is 11.3 Å². The molecule has 0 radical (unpaired) electrons. The van der Waals surface area contributed by atoms with Gasteiger partial charge in [0.2, 0.25) is 5.82 Å². The van der Waals surface area contributed by atoms with Gasteiger partial charge in [-0.05, 0) is 30.5 Å². The summed E-state index contributed by atoms with van der Waals surface area (Å²) < 4.78 is 0. The Morgan fingerprint density at radius 2 is 1.88 bits per heavy atom. The van der Waals surface area contributed by atoms with Crippen LogP contribution in [-0.2, 0) is 11.2 Å². The summed E-state index contributed by atoms with van der Waals surface area (Å²) in [6.45, 7) is 4.14. The summed E-state index contributed by atoms with van der Waals surface area (Å²) in [5.41, 5.74) is 1.59. The van der Waals surface area contributed by atoms with E-state index in [1.807, 2.05) is 6.07 Å². The maximum atomic E-state index is 12.2. The van der Waals surface area contributed by atoms with Crippen molar-refractivity contribution in [1.82, 2.24) is 20.3 Å². The summed E-state index contributed by atoms with van der Waals surface area (Å²) in [4.78, 5) is 37.2. The summed E-state index contributed by atoms with van der Waals surface area (Å²) in [6, 6.07) is 5.68. The van der Waals surface area contributed by atoms with Gasteiger partial charge < -0.3 is 15.7 Å². The SMILES string of the molecule is CC(C)Cc1sc(NCC(NC(=O)c2ncccn2)C(=O)O)nc1-c1ccc(Cl)c(Cl)c1. The van der Waals surface area contributed by atoms with E-state index in [0.29, 0.717) is 21.1 Å². The van der Waals surface area contributed by atoms with Crippen LogP contribution in [0.2, 0.25) is 10.0 Å². The van der Waals surface area contributed by atoms with Crippen LogP contribution in [0.3, 0.4) is 0 Å². The Balaban J connectivity index is 1.78. The van der Waals surface area contributed by atoms with Crippen LogP contribution >= 0.6 is 34.5 Å². The highest BCUT2D eigenvalue weighted by atomic mass is 35.5. The van der Waals surface area contributed by atoms with Gasteiger partial charge in [0.1, 0.15) is 6.04 Å². The second-order valence-corrected chi connectivity index (χ2v) is 9.23. The lowest BCUT2D eigenvalue weighted by Gasteiger charge is -2.14. The topological polar surface area (TPSA) is 117 Å². The third kappa shape index (κ3) is 6.15. The van der Waals surface area contributed by atoms with Crippen molar-refractivity contribution in [2.75, 3.05) is 11.9 Å². The van der Waals surface area contributed by atoms with E-state index in [-0.39, 0.29) is 12.4 Å². The molecule has 1 atom stereocenters. The Bertz CT molecular complexity index is 1110. The minimum absolute atomic E-state index is 0.0661. The summed E-state index contributed by atoms with van der Waals surface area (Å²) in [6.07, 6.45) is 3.61. The Morgan fingerprint density at radius 1 is 1.16 bits per heavy atom. The van der Waals surface area contributed by atoms with Gasteiger partial charge in [-0.25, -0.2) is 19.7 Å². The van der Waals surface area contributed by atoms with Crippen molar-refractivity contribution in [2.45, 2.75) is 26.3 Å². The fourth-order valence-electron chi connectivity index (χ4n) is 2.83. The van der Waals surface area contributed by atoms with Crippen molar-refractivity contribution < 1.29 is 14.7 Å². The van der Waals surface area contributed by atoms with Crippen molar-refractivity contribution in [3.05, 3.63) is 57.4 Å². The van der Waals surface area contributed by atoms with E-state index in [1.54, 1.807) is 18.2 Å². The molecule has 8 nitrogen and oxygen atoms in total. The molecular weight excluding hydrogens is 473 g/mol. The van der Waals surface area contributed by atoms with Gasteiger partial charge in [-0.3, -0.25) is 4.79 Å². The van der Waals surface area contributed by atoms with Crippen LogP contribution < -0.4 is 10.6 Å². The first-order valence-corrected chi connectivity index (χ1v) is 11.3. The average Bonchev–Trinajstić information content (AvgIpc) is 3.15. The van der Waals surface area contributed by atoms with Crippen molar-refractivity contribution >= 4 is 51.5 Å². The molecule has 0 fully saturated rings. The highest BCUT2D eigenvalue weighted by Gasteiger charge is 2.23. The number of amides is 1. The van der Waals surface area contributed by atoms with Gasteiger partial charge in [-0.1, -0.05) is 43.1 Å². The number of carboxylic acids is 1. The summed E-state index contributed by atoms with van der Waals surface area (Å²) >= 11 is 13.6. The molecular formula is C21H21Cl2N5O3S. The van der Waals surface area contributed by atoms with E-state index in [0.717, 1.165) is 22.6 Å². The van der Waals surface area contributed by atoms with E-state index < -0.39 is 17.9 Å². The molecule has 168 valence electrons. The second-order valence-electron chi connectivity index (χ2n) is 7.34. The molecule has 2 heterocycles. The largest absolute Gasteiger partial charge is 0.480 e. The van der Waals surface area contributed by atoms with Crippen molar-refractivity contribution in [3.63, 3.8) is 0 Å². The Morgan fingerprint density at radius 3 is 2.50 bits per heavy atom. The minimum atomic E-state index is -1.20. The number of hydrogen-bond donors (Lipinski definition) is 3. The van der Waals surface area contributed by atoms with E-state index in [9.17, 15) is 14.7 Å². The Kier molecular flexibility index (Phi) is 8.00. The number of aromatic nitrogens is 3. The maximum absolute atomic E-state index is 12.2. The number of thiazole rings is 1. The van der Waals surface area contributed by atoms with E-state index in [2.05, 4.69) is 39.4 Å². The predicted octanol–water partition coefficient (Wildman–Crippen LogP) is 4.40. The smallest absolute Gasteiger partial charge is 0.328 e. The molecule has 0 aliphatic heterocycles. The first-order valence-electron chi connectivity index (χ1n) is 9.74. The molecule has 0 saturated carbocycles. The fraction of sp³-hybridized carbons (Fsp3) is 0.286. The van der Waals surface area contributed by atoms with Gasteiger partial charge >= 0.3 is 5.97 Å². The van der Waals surface area contributed by atoms with Crippen LogP contribution in [0, 0.1) is 5.92 Å². The number of carbonyl (C=O) groups excluding carboxylic acids is 1. The minimum Gasteiger partial charge on any atom is -0.480 e. The first kappa shape index (κ1) is 23.9. The van der Waals surface area contributed by atoms with Gasteiger partial charge in [0.25, 0.3) is 5.91 Å². The number of halogens is 2. The highest BCUT2D eigenvalue weighted by Crippen LogP contribution is 2.35. The number of carbonyl (C=O) groups is 2. The van der Waals surface area contributed by atoms with Gasteiger partial charge in [0.05, 0.1) is 15.7 Å². The van der Waals surface area contributed by atoms with E-state index >= 15 is 0 Å². The van der Waals surface area contributed by atoms with Crippen LogP contribution in [-0.4, -0.2) is 44.5 Å². The maximum Gasteiger partial charge on any atom is 0.328 e. The van der Waals surface area contributed by atoms with Crippen molar-refractivity contribution in [3.8, 4) is 11.3 Å². The van der Waals surface area contributed by atoms with Crippen LogP contribution in [0.1, 0.15) is 29.3 Å². The molecule has 0 aliphatic carbocycles. The molecule has 2 aromatic heterocycles. The van der Waals surface area contributed by atoms with Gasteiger partial charge in [0, 0.05) is 29.4 Å². The zero-order valence-corrected chi connectivity index (χ0v) is 19.6. The summed E-state index contributed by atoms with van der Waals surface area (Å²) in [5, 5.41) is 16.4. The number of nitrogens with one attached hydrogen (secondary N) is 2. The molecule has 0 bridgehead atoms. The number of rotatable bonds is 9. The molecule has 3 N–H and O–H groups in total. The van der Waals surface area contributed by atoms with Gasteiger partial charge in [-0.2, -0.15) is 0 Å². The molecule has 3 rings (SSSR count). The number of aliphatic carboxylic acids is 1. The summed E-state index contributed by atoms with van der Waals surface area (Å²) in [7, 11) is 0. The molecule has 0 saturated heterocycles. The second kappa shape index (κ2) is 10.7. The number of carboxylic acid groups (broad SMARTS) is 1. The third-order valence-corrected chi connectivity index (χ3v) is 6.09. The molecule has 32 heavy (non-hydrogen) atoms. The zero-order valence-electron chi connectivity index (χ0n) is 17.3. The fourth-order valence-corrected chi connectivity index (χ4v) is 4.33. The lowest BCUT2D eigenvalue weighted by molar-refractivity contribution is -0.138. The average molecular weight is 494 g/mol. The number of nitrogens with zero attached hydrogens (tertiary/aromatic N) is 3. The molecule has 0 spiro atoms. The molecule has 1 amide bonds. The number of hydrogen-bond acceptors (Lipinski definition) is 7. The lowest BCUT2D eigenvalue weighted by atomic mass is 10.0. The molecule has 1 aromatic carbocycles. The third-order valence-electron chi connectivity index (χ3n) is 4.31. The standard InChI is InChI=1S/C21H21Cl2N5O3S/c1-11(2)8-16-17(12-4-5-13(22)14(23)9-12)28-21(32-16)26-10-15(20(30)31)27-19(29)18-24-6-3-7-25-18/h3-7,9,11,15H,8,10H2,1-2H3,(H,26,28)(H,27,29)(H,30,31). The van der Waals surface area contributed by atoms with Crippen LogP contribution in [0.5, 0.6) is 0 Å². The molecule has 3 aromatic rings. The Hall–Kier alpha value is -2.75. The van der Waals surface area contributed by atoms with Crippen molar-refractivity contribution in [1.29, 1.82) is 0 Å².